The van der Waals surface area contributed by atoms with Gasteiger partial charge in [-0.15, -0.1) is 0 Å². The van der Waals surface area contributed by atoms with Gasteiger partial charge < -0.3 is 19.9 Å². The molecule has 2 N–H and O–H groups in total. The zero-order valence-corrected chi connectivity index (χ0v) is 12.9. The number of benzene rings is 1. The van der Waals surface area contributed by atoms with Crippen molar-refractivity contribution in [2.75, 3.05) is 33.5 Å². The second kappa shape index (κ2) is 10.2. The summed E-state index contributed by atoms with van der Waals surface area (Å²) in [7, 11) is 1.69. The van der Waals surface area contributed by atoms with E-state index in [2.05, 4.69) is 27.3 Å². The van der Waals surface area contributed by atoms with Gasteiger partial charge in [0.05, 0.1) is 13.2 Å². The van der Waals surface area contributed by atoms with Crippen LogP contribution in [0.5, 0.6) is 5.75 Å². The number of halogens is 1. The van der Waals surface area contributed by atoms with Crippen LogP contribution in [0.1, 0.15) is 18.4 Å². The van der Waals surface area contributed by atoms with Crippen LogP contribution in [0.2, 0.25) is 0 Å². The molecule has 0 aliphatic rings. The lowest BCUT2D eigenvalue weighted by Crippen LogP contribution is -2.19. The monoisotopic (exact) mass is 331 g/mol. The number of hydrogen-bond donors (Lipinski definition) is 2. The highest BCUT2D eigenvalue weighted by Gasteiger charge is 2.04. The summed E-state index contributed by atoms with van der Waals surface area (Å²) in [5.74, 6) is 0.894. The van der Waals surface area contributed by atoms with Gasteiger partial charge in [-0.05, 0) is 31.0 Å². The summed E-state index contributed by atoms with van der Waals surface area (Å²) >= 11 is 3.47. The Morgan fingerprint density at radius 3 is 2.84 bits per heavy atom. The molecule has 1 aromatic rings. The quantitative estimate of drug-likeness (QED) is 0.646. The number of rotatable bonds is 10. The summed E-state index contributed by atoms with van der Waals surface area (Å²) in [6.45, 7) is 3.11. The summed E-state index contributed by atoms with van der Waals surface area (Å²) in [5, 5.41) is 12.0. The topological polar surface area (TPSA) is 50.7 Å². The van der Waals surface area contributed by atoms with Gasteiger partial charge in [-0.3, -0.25) is 0 Å². The van der Waals surface area contributed by atoms with Crippen molar-refractivity contribution in [2.24, 2.45) is 0 Å². The van der Waals surface area contributed by atoms with Crippen molar-refractivity contribution >= 4 is 15.9 Å². The number of methoxy groups -OCH3 is 1. The number of ether oxygens (including phenoxy) is 2. The Bertz CT molecular complexity index is 361. The molecule has 0 atom stereocenters. The Hall–Kier alpha value is -0.620. The van der Waals surface area contributed by atoms with Gasteiger partial charge in [0.2, 0.25) is 0 Å². The third-order valence-corrected chi connectivity index (χ3v) is 3.12. The largest absolute Gasteiger partial charge is 0.493 e. The summed E-state index contributed by atoms with van der Waals surface area (Å²) < 4.78 is 11.8. The van der Waals surface area contributed by atoms with Gasteiger partial charge in [-0.2, -0.15) is 0 Å². The van der Waals surface area contributed by atoms with Crippen molar-refractivity contribution in [3.63, 3.8) is 0 Å². The first-order valence-corrected chi connectivity index (χ1v) is 7.29. The lowest BCUT2D eigenvalue weighted by atomic mass is 10.2. The van der Waals surface area contributed by atoms with E-state index in [4.69, 9.17) is 14.6 Å². The van der Waals surface area contributed by atoms with Crippen molar-refractivity contribution in [3.8, 4) is 5.75 Å². The van der Waals surface area contributed by atoms with E-state index in [9.17, 15) is 0 Å². The van der Waals surface area contributed by atoms with Crippen LogP contribution in [0.25, 0.3) is 0 Å². The first-order chi connectivity index (χ1) is 9.27. The zero-order valence-electron chi connectivity index (χ0n) is 11.3. The predicted molar refractivity (Wildman–Crippen MR) is 79.5 cm³/mol. The standard InChI is InChI=1S/C14H22BrNO3/c1-18-9-6-16-11-12-10-13(15)4-5-14(12)19-8-3-2-7-17/h4-5,10,16-17H,2-3,6-9,11H2,1H3. The fraction of sp³-hybridized carbons (Fsp3) is 0.571. The zero-order chi connectivity index (χ0) is 13.9. The Morgan fingerprint density at radius 1 is 1.26 bits per heavy atom. The van der Waals surface area contributed by atoms with E-state index in [0.717, 1.165) is 41.7 Å². The van der Waals surface area contributed by atoms with Crippen molar-refractivity contribution in [3.05, 3.63) is 28.2 Å². The first kappa shape index (κ1) is 16.4. The van der Waals surface area contributed by atoms with Crippen molar-refractivity contribution in [1.82, 2.24) is 5.32 Å². The average Bonchev–Trinajstić information content (AvgIpc) is 2.41. The van der Waals surface area contributed by atoms with Gasteiger partial charge in [0.1, 0.15) is 5.75 Å². The maximum absolute atomic E-state index is 8.74. The number of aliphatic hydroxyl groups excluding tert-OH is 1. The van der Waals surface area contributed by atoms with E-state index < -0.39 is 0 Å². The second-order valence-electron chi connectivity index (χ2n) is 4.20. The molecule has 0 aliphatic heterocycles. The Kier molecular flexibility index (Phi) is 8.82. The van der Waals surface area contributed by atoms with Crippen molar-refractivity contribution in [2.45, 2.75) is 19.4 Å². The summed E-state index contributed by atoms with van der Waals surface area (Å²) in [5.41, 5.74) is 1.12. The van der Waals surface area contributed by atoms with Crippen LogP contribution in [0.3, 0.4) is 0 Å². The normalized spacial score (nSPS) is 10.7. The first-order valence-electron chi connectivity index (χ1n) is 6.49. The molecule has 0 aromatic heterocycles. The van der Waals surface area contributed by atoms with Crippen LogP contribution in [-0.2, 0) is 11.3 Å². The number of nitrogens with one attached hydrogen (secondary N) is 1. The minimum absolute atomic E-state index is 0.217. The molecule has 0 saturated carbocycles. The molecule has 0 unspecified atom stereocenters. The molecule has 0 saturated heterocycles. The second-order valence-corrected chi connectivity index (χ2v) is 5.12. The molecule has 108 valence electrons. The van der Waals surface area contributed by atoms with Gasteiger partial charge >= 0.3 is 0 Å². The van der Waals surface area contributed by atoms with E-state index in [1.54, 1.807) is 7.11 Å². The third-order valence-electron chi connectivity index (χ3n) is 2.63. The Morgan fingerprint density at radius 2 is 2.11 bits per heavy atom. The van der Waals surface area contributed by atoms with Crippen LogP contribution in [0.4, 0.5) is 0 Å². The molecule has 0 radical (unpaired) electrons. The lowest BCUT2D eigenvalue weighted by Gasteiger charge is -2.12. The SMILES string of the molecule is COCCNCc1cc(Br)ccc1OCCCCO. The van der Waals surface area contributed by atoms with Gasteiger partial charge in [-0.1, -0.05) is 15.9 Å². The third kappa shape index (κ3) is 6.92. The van der Waals surface area contributed by atoms with Crippen LogP contribution >= 0.6 is 15.9 Å². The van der Waals surface area contributed by atoms with E-state index in [0.29, 0.717) is 13.2 Å². The molecular weight excluding hydrogens is 310 g/mol. The molecule has 0 bridgehead atoms. The van der Waals surface area contributed by atoms with E-state index in [1.165, 1.54) is 0 Å². The van der Waals surface area contributed by atoms with Crippen LogP contribution in [0, 0.1) is 0 Å². The molecule has 1 aromatic carbocycles. The number of aliphatic hydroxyl groups is 1. The maximum atomic E-state index is 8.74. The van der Waals surface area contributed by atoms with Crippen molar-refractivity contribution < 1.29 is 14.6 Å². The molecule has 5 heteroatoms. The van der Waals surface area contributed by atoms with E-state index in [1.807, 2.05) is 12.1 Å². The molecule has 0 aliphatic carbocycles. The maximum Gasteiger partial charge on any atom is 0.123 e. The van der Waals surface area contributed by atoms with Gasteiger partial charge in [0.25, 0.3) is 0 Å². The molecule has 19 heavy (non-hydrogen) atoms. The lowest BCUT2D eigenvalue weighted by molar-refractivity contribution is 0.199. The van der Waals surface area contributed by atoms with Crippen LogP contribution in [-0.4, -0.2) is 38.6 Å². The van der Waals surface area contributed by atoms with Gasteiger partial charge in [0.15, 0.2) is 0 Å². The van der Waals surface area contributed by atoms with E-state index in [-0.39, 0.29) is 6.61 Å². The summed E-state index contributed by atoms with van der Waals surface area (Å²) in [6, 6.07) is 6.00. The van der Waals surface area contributed by atoms with Crippen LogP contribution < -0.4 is 10.1 Å². The highest BCUT2D eigenvalue weighted by atomic mass is 79.9. The Balaban J connectivity index is 2.48. The van der Waals surface area contributed by atoms with E-state index >= 15 is 0 Å². The molecule has 0 spiro atoms. The summed E-state index contributed by atoms with van der Waals surface area (Å²) in [4.78, 5) is 0. The highest BCUT2D eigenvalue weighted by molar-refractivity contribution is 9.10. The van der Waals surface area contributed by atoms with Crippen molar-refractivity contribution in [1.29, 1.82) is 0 Å². The minimum atomic E-state index is 0.217. The smallest absolute Gasteiger partial charge is 0.123 e. The molecular formula is C14H22BrNO3. The fourth-order valence-corrected chi connectivity index (χ4v) is 2.03. The molecule has 4 nitrogen and oxygen atoms in total. The number of hydrogen-bond acceptors (Lipinski definition) is 4. The summed E-state index contributed by atoms with van der Waals surface area (Å²) in [6.07, 6.45) is 1.64. The predicted octanol–water partition coefficient (Wildman–Crippen LogP) is 2.34. The molecule has 0 amide bonds. The fourth-order valence-electron chi connectivity index (χ4n) is 1.62. The highest BCUT2D eigenvalue weighted by Crippen LogP contribution is 2.23. The average molecular weight is 332 g/mol. The van der Waals surface area contributed by atoms with Gasteiger partial charge in [0, 0.05) is 36.8 Å². The molecule has 0 heterocycles. The Labute approximate surface area is 123 Å². The van der Waals surface area contributed by atoms with Crippen LogP contribution in [0.15, 0.2) is 22.7 Å². The molecule has 1 rings (SSSR count). The minimum Gasteiger partial charge on any atom is -0.493 e. The number of unbranched alkanes of at least 4 members (excludes halogenated alkanes) is 1. The van der Waals surface area contributed by atoms with Gasteiger partial charge in [-0.25, -0.2) is 0 Å². The molecule has 0 fully saturated rings.